The summed E-state index contributed by atoms with van der Waals surface area (Å²) in [6.07, 6.45) is 4.67. The van der Waals surface area contributed by atoms with Crippen molar-refractivity contribution < 1.29 is 9.18 Å². The maximum absolute atomic E-state index is 13.5. The molecule has 1 aromatic carbocycles. The third kappa shape index (κ3) is 3.45. The van der Waals surface area contributed by atoms with Crippen LogP contribution in [0.25, 0.3) is 6.08 Å². The van der Waals surface area contributed by atoms with Crippen molar-refractivity contribution in [1.82, 2.24) is 5.32 Å². The molecule has 16 heavy (non-hydrogen) atoms. The molecule has 0 unspecified atom stereocenters. The third-order valence-electron chi connectivity index (χ3n) is 2.05. The fraction of sp³-hybridized carbons (Fsp3) is 0.250. The molecule has 0 aliphatic heterocycles. The Labute approximate surface area is 103 Å². The fourth-order valence-corrected chi connectivity index (χ4v) is 1.50. The standard InChI is InChI=1S/C12H13BrFNO/c1-15-12(16)10-6-5-9(8-11(10)14)4-2-3-7-13/h2,4-6,8H,3,7H2,1H3,(H,15,16). The lowest BCUT2D eigenvalue weighted by Crippen LogP contribution is -2.19. The van der Waals surface area contributed by atoms with E-state index in [4.69, 9.17) is 0 Å². The van der Waals surface area contributed by atoms with Gasteiger partial charge in [-0.15, -0.1) is 0 Å². The summed E-state index contributed by atoms with van der Waals surface area (Å²) in [6, 6.07) is 4.57. The molecular weight excluding hydrogens is 273 g/mol. The Morgan fingerprint density at radius 1 is 1.56 bits per heavy atom. The number of allylic oxidation sites excluding steroid dienone is 1. The Bertz CT molecular complexity index is 404. The van der Waals surface area contributed by atoms with Gasteiger partial charge in [-0.05, 0) is 24.1 Å². The van der Waals surface area contributed by atoms with Gasteiger partial charge in [0.1, 0.15) is 5.82 Å². The van der Waals surface area contributed by atoms with Gasteiger partial charge in [0.15, 0.2) is 0 Å². The first-order valence-electron chi connectivity index (χ1n) is 4.93. The molecule has 0 aliphatic carbocycles. The molecule has 0 aliphatic rings. The van der Waals surface area contributed by atoms with E-state index in [-0.39, 0.29) is 5.56 Å². The van der Waals surface area contributed by atoms with Crippen LogP contribution >= 0.6 is 15.9 Å². The minimum Gasteiger partial charge on any atom is -0.355 e. The van der Waals surface area contributed by atoms with Gasteiger partial charge in [-0.2, -0.15) is 0 Å². The van der Waals surface area contributed by atoms with Gasteiger partial charge in [0.05, 0.1) is 5.56 Å². The van der Waals surface area contributed by atoms with Crippen molar-refractivity contribution in [3.63, 3.8) is 0 Å². The first-order chi connectivity index (χ1) is 7.69. The molecule has 2 nitrogen and oxygen atoms in total. The van der Waals surface area contributed by atoms with Gasteiger partial charge >= 0.3 is 0 Å². The highest BCUT2D eigenvalue weighted by molar-refractivity contribution is 9.09. The molecule has 0 heterocycles. The van der Waals surface area contributed by atoms with Crippen LogP contribution in [0.4, 0.5) is 4.39 Å². The van der Waals surface area contributed by atoms with Gasteiger partial charge in [0.2, 0.25) is 0 Å². The number of amides is 1. The zero-order valence-corrected chi connectivity index (χ0v) is 10.6. The molecule has 86 valence electrons. The SMILES string of the molecule is CNC(=O)c1ccc(C=CCCBr)cc1F. The summed E-state index contributed by atoms with van der Waals surface area (Å²) >= 11 is 3.30. The average molecular weight is 286 g/mol. The summed E-state index contributed by atoms with van der Waals surface area (Å²) < 4.78 is 13.5. The molecule has 1 aromatic rings. The quantitative estimate of drug-likeness (QED) is 0.847. The molecule has 0 radical (unpaired) electrons. The predicted molar refractivity (Wildman–Crippen MR) is 67.2 cm³/mol. The van der Waals surface area contributed by atoms with Crippen molar-refractivity contribution in [2.24, 2.45) is 0 Å². The molecule has 0 saturated carbocycles. The highest BCUT2D eigenvalue weighted by atomic mass is 79.9. The number of nitrogens with one attached hydrogen (secondary N) is 1. The van der Waals surface area contributed by atoms with Gasteiger partial charge in [0, 0.05) is 12.4 Å². The zero-order valence-electron chi connectivity index (χ0n) is 8.97. The van der Waals surface area contributed by atoms with Crippen LogP contribution in [-0.4, -0.2) is 18.3 Å². The molecule has 0 atom stereocenters. The van der Waals surface area contributed by atoms with Crippen molar-refractivity contribution in [3.8, 4) is 0 Å². The second-order valence-corrected chi connectivity index (χ2v) is 3.99. The number of carbonyl (C=O) groups is 1. The number of carbonyl (C=O) groups excluding carboxylic acids is 1. The second kappa shape index (κ2) is 6.43. The third-order valence-corrected chi connectivity index (χ3v) is 2.51. The maximum atomic E-state index is 13.5. The minimum absolute atomic E-state index is 0.0696. The monoisotopic (exact) mass is 285 g/mol. The predicted octanol–water partition coefficient (Wildman–Crippen LogP) is 2.98. The molecule has 1 amide bonds. The molecule has 1 N–H and O–H groups in total. The van der Waals surface area contributed by atoms with Crippen molar-refractivity contribution in [2.45, 2.75) is 6.42 Å². The molecule has 0 spiro atoms. The molecule has 0 saturated heterocycles. The highest BCUT2D eigenvalue weighted by Crippen LogP contribution is 2.12. The molecule has 1 rings (SSSR count). The summed E-state index contributed by atoms with van der Waals surface area (Å²) in [6.45, 7) is 0. The fourth-order valence-electron chi connectivity index (χ4n) is 1.24. The number of rotatable bonds is 4. The number of hydrogen-bond acceptors (Lipinski definition) is 1. The lowest BCUT2D eigenvalue weighted by Gasteiger charge is -2.02. The normalized spacial score (nSPS) is 10.7. The van der Waals surface area contributed by atoms with Crippen LogP contribution in [0.15, 0.2) is 24.3 Å². The summed E-state index contributed by atoms with van der Waals surface area (Å²) in [5, 5.41) is 3.27. The average Bonchev–Trinajstić information content (AvgIpc) is 2.29. The first kappa shape index (κ1) is 12.9. The summed E-state index contributed by atoms with van der Waals surface area (Å²) in [7, 11) is 1.48. The van der Waals surface area contributed by atoms with Crippen LogP contribution < -0.4 is 5.32 Å². The minimum atomic E-state index is -0.500. The van der Waals surface area contributed by atoms with Crippen LogP contribution in [0.2, 0.25) is 0 Å². The molecule has 0 bridgehead atoms. The Morgan fingerprint density at radius 3 is 2.88 bits per heavy atom. The van der Waals surface area contributed by atoms with E-state index in [1.54, 1.807) is 6.07 Å². The van der Waals surface area contributed by atoms with E-state index < -0.39 is 11.7 Å². The van der Waals surface area contributed by atoms with Gasteiger partial charge in [-0.1, -0.05) is 34.1 Å². The molecular formula is C12H13BrFNO. The van der Waals surface area contributed by atoms with Crippen molar-refractivity contribution >= 4 is 27.9 Å². The summed E-state index contributed by atoms with van der Waals surface area (Å²) in [5.74, 6) is -0.908. The summed E-state index contributed by atoms with van der Waals surface area (Å²) in [4.78, 5) is 11.2. The van der Waals surface area contributed by atoms with E-state index in [0.717, 1.165) is 17.3 Å². The maximum Gasteiger partial charge on any atom is 0.253 e. The van der Waals surface area contributed by atoms with Crippen LogP contribution in [0, 0.1) is 5.82 Å². The number of halogens is 2. The highest BCUT2D eigenvalue weighted by Gasteiger charge is 2.09. The van der Waals surface area contributed by atoms with E-state index >= 15 is 0 Å². The van der Waals surface area contributed by atoms with Crippen LogP contribution in [0.5, 0.6) is 0 Å². The van der Waals surface area contributed by atoms with E-state index in [0.29, 0.717) is 0 Å². The van der Waals surface area contributed by atoms with E-state index in [1.807, 2.05) is 12.2 Å². The lowest BCUT2D eigenvalue weighted by molar-refractivity contribution is 0.0959. The number of alkyl halides is 1. The Morgan fingerprint density at radius 2 is 2.31 bits per heavy atom. The first-order valence-corrected chi connectivity index (χ1v) is 6.05. The van der Waals surface area contributed by atoms with Crippen LogP contribution in [0.1, 0.15) is 22.3 Å². The van der Waals surface area contributed by atoms with E-state index in [9.17, 15) is 9.18 Å². The van der Waals surface area contributed by atoms with Gasteiger partial charge in [-0.25, -0.2) is 4.39 Å². The topological polar surface area (TPSA) is 29.1 Å². The Kier molecular flexibility index (Phi) is 5.19. The summed E-state index contributed by atoms with van der Waals surface area (Å²) in [5.41, 5.74) is 0.825. The molecule has 4 heteroatoms. The zero-order chi connectivity index (χ0) is 12.0. The van der Waals surface area contributed by atoms with E-state index in [2.05, 4.69) is 21.2 Å². The van der Waals surface area contributed by atoms with Gasteiger partial charge in [-0.3, -0.25) is 4.79 Å². The van der Waals surface area contributed by atoms with Crippen LogP contribution in [0.3, 0.4) is 0 Å². The number of benzene rings is 1. The largest absolute Gasteiger partial charge is 0.355 e. The van der Waals surface area contributed by atoms with Gasteiger partial charge in [0.25, 0.3) is 5.91 Å². The Hall–Kier alpha value is -1.16. The molecule has 0 fully saturated rings. The van der Waals surface area contributed by atoms with Crippen LogP contribution in [-0.2, 0) is 0 Å². The lowest BCUT2D eigenvalue weighted by atomic mass is 10.1. The number of hydrogen-bond donors (Lipinski definition) is 1. The van der Waals surface area contributed by atoms with E-state index in [1.165, 1.54) is 19.2 Å². The molecule has 0 aromatic heterocycles. The van der Waals surface area contributed by atoms with Crippen molar-refractivity contribution in [2.75, 3.05) is 12.4 Å². The smallest absolute Gasteiger partial charge is 0.253 e. The second-order valence-electron chi connectivity index (χ2n) is 3.20. The van der Waals surface area contributed by atoms with Crippen molar-refractivity contribution in [1.29, 1.82) is 0 Å². The Balaban J connectivity index is 2.86. The van der Waals surface area contributed by atoms with Gasteiger partial charge < -0.3 is 5.32 Å². The van der Waals surface area contributed by atoms with Crippen molar-refractivity contribution in [3.05, 3.63) is 41.2 Å².